The maximum Gasteiger partial charge on any atom is 0.435 e. The number of hydrogen-bond donors (Lipinski definition) is 0. The molecule has 0 unspecified atom stereocenters. The van der Waals surface area contributed by atoms with Gasteiger partial charge >= 0.3 is 6.18 Å². The summed E-state index contributed by atoms with van der Waals surface area (Å²) in [6.07, 6.45) is -2.94. The molecule has 0 saturated heterocycles. The summed E-state index contributed by atoms with van der Waals surface area (Å²) in [4.78, 5) is 0. The Morgan fingerprint density at radius 3 is 2.33 bits per heavy atom. The molecule has 24 heavy (non-hydrogen) atoms. The number of aryl methyl sites for hydroxylation is 1. The van der Waals surface area contributed by atoms with Crippen molar-refractivity contribution in [2.45, 2.75) is 12.6 Å². The number of hydrogen-bond acceptors (Lipinski definition) is 2. The zero-order valence-corrected chi connectivity index (χ0v) is 12.3. The van der Waals surface area contributed by atoms with E-state index in [0.29, 0.717) is 5.69 Å². The lowest BCUT2D eigenvalue weighted by molar-refractivity contribution is -0.141. The van der Waals surface area contributed by atoms with E-state index in [-0.39, 0.29) is 17.8 Å². The minimum Gasteiger partial charge on any atom is -0.276 e. The number of nitrogens with zero attached hydrogens (tertiary/aromatic N) is 4. The summed E-state index contributed by atoms with van der Waals surface area (Å²) in [5.74, 6) is -2.26. The molecule has 2 aromatic heterocycles. The molecule has 0 aliphatic carbocycles. The van der Waals surface area contributed by atoms with Crippen molar-refractivity contribution in [1.82, 2.24) is 19.6 Å². The van der Waals surface area contributed by atoms with Gasteiger partial charge in [-0.15, -0.1) is 0 Å². The van der Waals surface area contributed by atoms with Crippen LogP contribution in [0.4, 0.5) is 22.0 Å². The van der Waals surface area contributed by atoms with Gasteiger partial charge in [0.05, 0.1) is 17.1 Å². The van der Waals surface area contributed by atoms with E-state index in [4.69, 9.17) is 0 Å². The highest BCUT2D eigenvalue weighted by Gasteiger charge is 2.35. The molecule has 0 fully saturated rings. The van der Waals surface area contributed by atoms with E-state index >= 15 is 0 Å². The third-order valence-corrected chi connectivity index (χ3v) is 3.35. The van der Waals surface area contributed by atoms with Crippen LogP contribution >= 0.6 is 0 Å². The van der Waals surface area contributed by atoms with E-state index in [1.807, 2.05) is 0 Å². The Bertz CT molecular complexity index is 878. The molecule has 4 nitrogen and oxygen atoms in total. The molecule has 0 amide bonds. The molecule has 3 rings (SSSR count). The molecule has 0 aliphatic heterocycles. The van der Waals surface area contributed by atoms with Gasteiger partial charge in [-0.1, -0.05) is 0 Å². The third kappa shape index (κ3) is 3.15. The summed E-state index contributed by atoms with van der Waals surface area (Å²) in [5, 5.41) is 7.60. The number of benzene rings is 1. The topological polar surface area (TPSA) is 35.6 Å². The lowest BCUT2D eigenvalue weighted by Gasteiger charge is -2.07. The molecular formula is C15H11F5N4. The first-order valence-corrected chi connectivity index (χ1v) is 6.84. The lowest BCUT2D eigenvalue weighted by atomic mass is 10.2. The summed E-state index contributed by atoms with van der Waals surface area (Å²) < 4.78 is 67.8. The monoisotopic (exact) mass is 342 g/mol. The summed E-state index contributed by atoms with van der Waals surface area (Å²) in [5.41, 5.74) is -0.435. The Morgan fingerprint density at radius 2 is 1.75 bits per heavy atom. The van der Waals surface area contributed by atoms with Crippen LogP contribution < -0.4 is 0 Å². The van der Waals surface area contributed by atoms with Crippen molar-refractivity contribution in [2.24, 2.45) is 7.05 Å². The average Bonchev–Trinajstić information content (AvgIpc) is 3.09. The van der Waals surface area contributed by atoms with Crippen LogP contribution in [0.1, 0.15) is 17.1 Å². The highest BCUT2D eigenvalue weighted by atomic mass is 19.4. The molecular weight excluding hydrogens is 331 g/mol. The molecule has 0 radical (unpaired) electrons. The van der Waals surface area contributed by atoms with Gasteiger partial charge in [0.1, 0.15) is 0 Å². The van der Waals surface area contributed by atoms with Crippen LogP contribution in [0, 0.1) is 11.6 Å². The van der Waals surface area contributed by atoms with Gasteiger partial charge in [0, 0.05) is 25.7 Å². The number of rotatable bonds is 3. The van der Waals surface area contributed by atoms with Gasteiger partial charge < -0.3 is 0 Å². The summed E-state index contributed by atoms with van der Waals surface area (Å²) in [6, 6.07) is 5.31. The molecule has 0 bridgehead atoms. The van der Waals surface area contributed by atoms with Crippen molar-refractivity contribution in [3.05, 3.63) is 65.2 Å². The second-order valence-electron chi connectivity index (χ2n) is 5.19. The van der Waals surface area contributed by atoms with E-state index in [2.05, 4.69) is 10.2 Å². The first-order valence-electron chi connectivity index (χ1n) is 6.84. The van der Waals surface area contributed by atoms with Crippen LogP contribution in [0.2, 0.25) is 0 Å². The second-order valence-corrected chi connectivity index (χ2v) is 5.19. The van der Waals surface area contributed by atoms with Crippen molar-refractivity contribution in [1.29, 1.82) is 0 Å². The summed E-state index contributed by atoms with van der Waals surface area (Å²) >= 11 is 0. The van der Waals surface area contributed by atoms with Crippen LogP contribution in [0.15, 0.2) is 36.5 Å². The number of aromatic nitrogens is 4. The van der Waals surface area contributed by atoms with Gasteiger partial charge in [0.15, 0.2) is 17.3 Å². The molecule has 2 heterocycles. The molecule has 126 valence electrons. The summed E-state index contributed by atoms with van der Waals surface area (Å²) in [7, 11) is 1.68. The Morgan fingerprint density at radius 1 is 1.00 bits per heavy atom. The molecule has 0 aliphatic rings. The van der Waals surface area contributed by atoms with Crippen molar-refractivity contribution in [2.75, 3.05) is 0 Å². The number of halogens is 5. The minimum atomic E-state index is -4.65. The average molecular weight is 342 g/mol. The SMILES string of the molecule is Cn1ccc(Cc2cc(C(F)(F)F)nn2-c2ccc(F)c(F)c2)n1. The number of alkyl halides is 3. The Hall–Kier alpha value is -2.71. The van der Waals surface area contributed by atoms with Gasteiger partial charge in [-0.05, 0) is 24.3 Å². The smallest absolute Gasteiger partial charge is 0.276 e. The highest BCUT2D eigenvalue weighted by molar-refractivity contribution is 5.36. The second kappa shape index (κ2) is 5.73. The summed E-state index contributed by atoms with van der Waals surface area (Å²) in [6.45, 7) is 0. The van der Waals surface area contributed by atoms with E-state index in [9.17, 15) is 22.0 Å². The fourth-order valence-corrected chi connectivity index (χ4v) is 2.27. The van der Waals surface area contributed by atoms with Crippen molar-refractivity contribution >= 4 is 0 Å². The lowest BCUT2D eigenvalue weighted by Crippen LogP contribution is -2.08. The predicted molar refractivity (Wildman–Crippen MR) is 74.5 cm³/mol. The zero-order valence-electron chi connectivity index (χ0n) is 12.3. The van der Waals surface area contributed by atoms with Crippen LogP contribution in [-0.4, -0.2) is 19.6 Å². The van der Waals surface area contributed by atoms with Crippen molar-refractivity contribution < 1.29 is 22.0 Å². The first kappa shape index (κ1) is 16.2. The Labute approximate surface area is 133 Å². The van der Waals surface area contributed by atoms with E-state index < -0.39 is 23.5 Å². The fourth-order valence-electron chi connectivity index (χ4n) is 2.27. The molecule has 0 spiro atoms. The van der Waals surface area contributed by atoms with Gasteiger partial charge in [0.2, 0.25) is 0 Å². The predicted octanol–water partition coefficient (Wildman–Crippen LogP) is 3.49. The normalized spacial score (nSPS) is 11.9. The molecule has 1 aromatic carbocycles. The fraction of sp³-hybridized carbons (Fsp3) is 0.200. The Balaban J connectivity index is 2.08. The zero-order chi connectivity index (χ0) is 17.5. The van der Waals surface area contributed by atoms with E-state index in [0.717, 1.165) is 28.9 Å². The third-order valence-electron chi connectivity index (χ3n) is 3.35. The molecule has 0 atom stereocenters. The minimum absolute atomic E-state index is 0.00432. The maximum absolute atomic E-state index is 13.4. The van der Waals surface area contributed by atoms with Crippen LogP contribution in [0.5, 0.6) is 0 Å². The molecule has 0 saturated carbocycles. The standard InChI is InChI=1S/C15H11F5N4/c1-23-5-4-9(21-23)6-11-8-14(15(18,19)20)22-24(11)10-2-3-12(16)13(17)7-10/h2-5,7-8H,6H2,1H3. The highest BCUT2D eigenvalue weighted by Crippen LogP contribution is 2.30. The van der Waals surface area contributed by atoms with E-state index in [1.54, 1.807) is 19.3 Å². The van der Waals surface area contributed by atoms with E-state index in [1.165, 1.54) is 4.68 Å². The maximum atomic E-state index is 13.4. The van der Waals surface area contributed by atoms with Crippen LogP contribution in [-0.2, 0) is 19.6 Å². The van der Waals surface area contributed by atoms with Gasteiger partial charge in [-0.25, -0.2) is 13.5 Å². The van der Waals surface area contributed by atoms with Crippen molar-refractivity contribution in [3.63, 3.8) is 0 Å². The van der Waals surface area contributed by atoms with Crippen LogP contribution in [0.3, 0.4) is 0 Å². The van der Waals surface area contributed by atoms with Crippen molar-refractivity contribution in [3.8, 4) is 5.69 Å². The largest absolute Gasteiger partial charge is 0.435 e. The molecule has 0 N–H and O–H groups in total. The molecule has 3 aromatic rings. The molecule has 9 heteroatoms. The van der Waals surface area contributed by atoms with Gasteiger partial charge in [-0.3, -0.25) is 4.68 Å². The van der Waals surface area contributed by atoms with Gasteiger partial charge in [0.25, 0.3) is 0 Å². The van der Waals surface area contributed by atoms with Gasteiger partial charge in [-0.2, -0.15) is 23.4 Å². The quantitative estimate of drug-likeness (QED) is 0.683. The van der Waals surface area contributed by atoms with Crippen LogP contribution in [0.25, 0.3) is 5.69 Å². The first-order chi connectivity index (χ1) is 11.2. The Kier molecular flexibility index (Phi) is 3.86.